The maximum atomic E-state index is 12.4. The molecule has 1 N–H and O–H groups in total. The van der Waals surface area contributed by atoms with Crippen LogP contribution >= 0.6 is 11.3 Å². The molecule has 0 aromatic carbocycles. The summed E-state index contributed by atoms with van der Waals surface area (Å²) in [5, 5.41) is 3.37. The molecule has 3 heterocycles. The average Bonchev–Trinajstić information content (AvgIpc) is 2.97. The van der Waals surface area contributed by atoms with Crippen molar-refractivity contribution >= 4 is 34.1 Å². The number of aromatic nitrogens is 2. The van der Waals surface area contributed by atoms with Crippen molar-refractivity contribution in [3.8, 4) is 0 Å². The fraction of sp³-hybridized carbons (Fsp3) is 0.444. The molecule has 2 aromatic rings. The molecule has 8 heteroatoms. The number of pyridine rings is 1. The molecule has 3 rings (SSSR count). The molecule has 0 atom stereocenters. The number of hydrogen-bond donors (Lipinski definition) is 1. The van der Waals surface area contributed by atoms with E-state index in [1.807, 2.05) is 36.9 Å². The number of hydrogen-bond acceptors (Lipinski definition) is 6. The number of amides is 2. The first-order valence-corrected chi connectivity index (χ1v) is 9.52. The molecular formula is C18H23N5O2S. The Balaban J connectivity index is 1.42. The summed E-state index contributed by atoms with van der Waals surface area (Å²) in [6.45, 7) is 6.70. The van der Waals surface area contributed by atoms with Crippen LogP contribution in [0.1, 0.15) is 23.4 Å². The van der Waals surface area contributed by atoms with Crippen LogP contribution in [0.2, 0.25) is 0 Å². The number of anilines is 2. The lowest BCUT2D eigenvalue weighted by Gasteiger charge is -2.35. The van der Waals surface area contributed by atoms with Gasteiger partial charge in [-0.25, -0.2) is 9.97 Å². The number of carbonyl (C=O) groups excluding carboxylic acids is 2. The maximum absolute atomic E-state index is 12.4. The minimum absolute atomic E-state index is 0.0207. The molecule has 0 radical (unpaired) electrons. The fourth-order valence-electron chi connectivity index (χ4n) is 2.81. The van der Waals surface area contributed by atoms with E-state index in [0.717, 1.165) is 29.5 Å². The van der Waals surface area contributed by atoms with E-state index < -0.39 is 0 Å². The van der Waals surface area contributed by atoms with E-state index in [-0.39, 0.29) is 24.7 Å². The summed E-state index contributed by atoms with van der Waals surface area (Å²) in [7, 11) is 0. The number of thiazole rings is 1. The summed E-state index contributed by atoms with van der Waals surface area (Å²) >= 11 is 1.45. The van der Waals surface area contributed by atoms with Crippen molar-refractivity contribution in [2.24, 2.45) is 0 Å². The SMILES string of the molecule is Cc1nc(NC(=O)CCC(=O)N2CCN(c3ccccn3)CC2)sc1C. The molecule has 1 aliphatic heterocycles. The Morgan fingerprint density at radius 2 is 1.92 bits per heavy atom. The Bertz CT molecular complexity index is 750. The van der Waals surface area contributed by atoms with Crippen molar-refractivity contribution < 1.29 is 9.59 Å². The third-order valence-corrected chi connectivity index (χ3v) is 5.43. The molecule has 0 saturated carbocycles. The zero-order valence-electron chi connectivity index (χ0n) is 15.1. The zero-order valence-corrected chi connectivity index (χ0v) is 15.9. The first kappa shape index (κ1) is 18.3. The van der Waals surface area contributed by atoms with Crippen molar-refractivity contribution in [2.45, 2.75) is 26.7 Å². The highest BCUT2D eigenvalue weighted by Gasteiger charge is 2.22. The Hall–Kier alpha value is -2.48. The van der Waals surface area contributed by atoms with Gasteiger partial charge in [0.05, 0.1) is 5.69 Å². The lowest BCUT2D eigenvalue weighted by atomic mass is 10.2. The van der Waals surface area contributed by atoms with E-state index in [0.29, 0.717) is 18.2 Å². The van der Waals surface area contributed by atoms with Crippen LogP contribution in [0, 0.1) is 13.8 Å². The molecule has 138 valence electrons. The molecule has 26 heavy (non-hydrogen) atoms. The number of piperazine rings is 1. The minimum atomic E-state index is -0.167. The summed E-state index contributed by atoms with van der Waals surface area (Å²) in [5.41, 5.74) is 0.923. The standard InChI is InChI=1S/C18H23N5O2S/c1-13-14(2)26-18(20-13)21-16(24)6-7-17(25)23-11-9-22(10-12-23)15-5-3-4-8-19-15/h3-5,8H,6-7,9-12H2,1-2H3,(H,20,21,24). The summed E-state index contributed by atoms with van der Waals surface area (Å²) in [6, 6.07) is 5.83. The Kier molecular flexibility index (Phi) is 5.82. The van der Waals surface area contributed by atoms with Crippen LogP contribution in [-0.4, -0.2) is 52.9 Å². The monoisotopic (exact) mass is 373 g/mol. The van der Waals surface area contributed by atoms with Gasteiger partial charge in [0, 0.05) is 50.1 Å². The highest BCUT2D eigenvalue weighted by molar-refractivity contribution is 7.15. The van der Waals surface area contributed by atoms with Crippen molar-refractivity contribution in [3.05, 3.63) is 35.0 Å². The van der Waals surface area contributed by atoms with E-state index in [1.165, 1.54) is 11.3 Å². The van der Waals surface area contributed by atoms with Crippen LogP contribution < -0.4 is 10.2 Å². The highest BCUT2D eigenvalue weighted by atomic mass is 32.1. The van der Waals surface area contributed by atoms with Gasteiger partial charge in [-0.15, -0.1) is 11.3 Å². The molecule has 0 aliphatic carbocycles. The highest BCUT2D eigenvalue weighted by Crippen LogP contribution is 2.21. The van der Waals surface area contributed by atoms with Crippen molar-refractivity contribution in [3.63, 3.8) is 0 Å². The Morgan fingerprint density at radius 3 is 2.54 bits per heavy atom. The van der Waals surface area contributed by atoms with Crippen LogP contribution in [0.4, 0.5) is 10.9 Å². The Labute approximate surface area is 157 Å². The summed E-state index contributed by atoms with van der Waals surface area (Å²) in [5.74, 6) is 0.791. The molecule has 2 aromatic heterocycles. The van der Waals surface area contributed by atoms with Crippen LogP contribution in [0.25, 0.3) is 0 Å². The quantitative estimate of drug-likeness (QED) is 0.869. The van der Waals surface area contributed by atoms with Gasteiger partial charge < -0.3 is 15.1 Å². The number of aryl methyl sites for hydroxylation is 2. The lowest BCUT2D eigenvalue weighted by molar-refractivity contribution is -0.133. The molecule has 7 nitrogen and oxygen atoms in total. The molecule has 2 amide bonds. The van der Waals surface area contributed by atoms with Gasteiger partial charge in [-0.05, 0) is 26.0 Å². The first-order chi connectivity index (χ1) is 12.5. The van der Waals surface area contributed by atoms with Gasteiger partial charge in [0.15, 0.2) is 5.13 Å². The largest absolute Gasteiger partial charge is 0.353 e. The van der Waals surface area contributed by atoms with E-state index >= 15 is 0 Å². The van der Waals surface area contributed by atoms with E-state index in [2.05, 4.69) is 20.2 Å². The van der Waals surface area contributed by atoms with E-state index in [9.17, 15) is 9.59 Å². The first-order valence-electron chi connectivity index (χ1n) is 8.70. The van der Waals surface area contributed by atoms with Crippen LogP contribution in [-0.2, 0) is 9.59 Å². The number of carbonyl (C=O) groups is 2. The molecular weight excluding hydrogens is 350 g/mol. The normalized spacial score (nSPS) is 14.4. The second-order valence-corrected chi connectivity index (χ2v) is 7.47. The number of nitrogens with one attached hydrogen (secondary N) is 1. The zero-order chi connectivity index (χ0) is 18.5. The van der Waals surface area contributed by atoms with Gasteiger partial charge in [0.2, 0.25) is 11.8 Å². The minimum Gasteiger partial charge on any atom is -0.353 e. The molecule has 1 aliphatic rings. The molecule has 1 fully saturated rings. The third-order valence-electron chi connectivity index (χ3n) is 4.45. The van der Waals surface area contributed by atoms with Gasteiger partial charge >= 0.3 is 0 Å². The second-order valence-electron chi connectivity index (χ2n) is 6.26. The van der Waals surface area contributed by atoms with Gasteiger partial charge in [-0.1, -0.05) is 6.07 Å². The summed E-state index contributed by atoms with van der Waals surface area (Å²) in [6.07, 6.45) is 2.17. The van der Waals surface area contributed by atoms with Crippen LogP contribution in [0.15, 0.2) is 24.4 Å². The Morgan fingerprint density at radius 1 is 1.15 bits per heavy atom. The van der Waals surface area contributed by atoms with Gasteiger partial charge in [-0.3, -0.25) is 9.59 Å². The number of rotatable bonds is 5. The topological polar surface area (TPSA) is 78.4 Å². The predicted molar refractivity (Wildman–Crippen MR) is 102 cm³/mol. The van der Waals surface area contributed by atoms with Gasteiger partial charge in [0.25, 0.3) is 0 Å². The average molecular weight is 373 g/mol. The van der Waals surface area contributed by atoms with Crippen LogP contribution in [0.5, 0.6) is 0 Å². The van der Waals surface area contributed by atoms with Crippen molar-refractivity contribution in [1.82, 2.24) is 14.9 Å². The molecule has 1 saturated heterocycles. The second kappa shape index (κ2) is 8.27. The van der Waals surface area contributed by atoms with Gasteiger partial charge in [-0.2, -0.15) is 0 Å². The predicted octanol–water partition coefficient (Wildman–Crippen LogP) is 2.22. The lowest BCUT2D eigenvalue weighted by Crippen LogP contribution is -2.49. The molecule has 0 spiro atoms. The third kappa shape index (κ3) is 4.57. The molecule has 0 bridgehead atoms. The van der Waals surface area contributed by atoms with Crippen molar-refractivity contribution in [1.29, 1.82) is 0 Å². The fourth-order valence-corrected chi connectivity index (χ4v) is 3.64. The smallest absolute Gasteiger partial charge is 0.226 e. The molecule has 0 unspecified atom stereocenters. The van der Waals surface area contributed by atoms with Crippen molar-refractivity contribution in [2.75, 3.05) is 36.4 Å². The summed E-state index contributed by atoms with van der Waals surface area (Å²) in [4.78, 5) is 38.1. The van der Waals surface area contributed by atoms with E-state index in [4.69, 9.17) is 0 Å². The van der Waals surface area contributed by atoms with Gasteiger partial charge in [0.1, 0.15) is 5.82 Å². The van der Waals surface area contributed by atoms with E-state index in [1.54, 1.807) is 6.20 Å². The van der Waals surface area contributed by atoms with Crippen LogP contribution in [0.3, 0.4) is 0 Å². The maximum Gasteiger partial charge on any atom is 0.226 e. The summed E-state index contributed by atoms with van der Waals surface area (Å²) < 4.78 is 0. The number of nitrogens with zero attached hydrogens (tertiary/aromatic N) is 4.